The summed E-state index contributed by atoms with van der Waals surface area (Å²) in [5, 5.41) is 8.16. The molecule has 1 aromatic rings. The Bertz CT molecular complexity index is 449. The molecule has 1 rings (SSSR count). The first-order valence-electron chi connectivity index (χ1n) is 6.43. The van der Waals surface area contributed by atoms with Crippen LogP contribution in [-0.4, -0.2) is 34.3 Å². The zero-order valence-electron chi connectivity index (χ0n) is 12.0. The van der Waals surface area contributed by atoms with Gasteiger partial charge < -0.3 is 4.74 Å². The Hall–Kier alpha value is -0.530. The number of carbonyl (C=O) groups is 1. The van der Waals surface area contributed by atoms with Gasteiger partial charge in [0.25, 0.3) is 0 Å². The molecule has 1 unspecified atom stereocenters. The van der Waals surface area contributed by atoms with Crippen LogP contribution in [0.4, 0.5) is 0 Å². The van der Waals surface area contributed by atoms with Crippen molar-refractivity contribution in [1.29, 1.82) is 0 Å². The molecule has 1 atom stereocenters. The Kier molecular flexibility index (Phi) is 8.25. The molecule has 0 saturated carbocycles. The van der Waals surface area contributed by atoms with Crippen molar-refractivity contribution < 1.29 is 9.53 Å². The van der Waals surface area contributed by atoms with Crippen LogP contribution in [0.3, 0.4) is 0 Å². The van der Waals surface area contributed by atoms with E-state index in [-0.39, 0.29) is 12.1 Å². The van der Waals surface area contributed by atoms with Crippen LogP contribution >= 0.6 is 34.9 Å². The highest BCUT2D eigenvalue weighted by molar-refractivity contribution is 8.03. The van der Waals surface area contributed by atoms with Crippen molar-refractivity contribution in [2.24, 2.45) is 0 Å². The summed E-state index contributed by atoms with van der Waals surface area (Å²) in [6, 6.07) is 0. The first-order valence-corrected chi connectivity index (χ1v) is 9.46. The Morgan fingerprint density at radius 1 is 1.45 bits per heavy atom. The minimum Gasteiger partial charge on any atom is -0.458 e. The maximum absolute atomic E-state index is 11.6. The summed E-state index contributed by atoms with van der Waals surface area (Å²) >= 11 is 4.75. The van der Waals surface area contributed by atoms with E-state index < -0.39 is 0 Å². The first kappa shape index (κ1) is 17.5. The van der Waals surface area contributed by atoms with E-state index in [0.717, 1.165) is 27.9 Å². The van der Waals surface area contributed by atoms with Gasteiger partial charge in [-0.1, -0.05) is 61.2 Å². The van der Waals surface area contributed by atoms with Crippen molar-refractivity contribution in [3.8, 4) is 0 Å². The van der Waals surface area contributed by atoms with Crippen LogP contribution in [0.15, 0.2) is 20.8 Å². The third kappa shape index (κ3) is 6.28. The molecule has 0 fully saturated rings. The fourth-order valence-electron chi connectivity index (χ4n) is 1.36. The quantitative estimate of drug-likeness (QED) is 0.386. The van der Waals surface area contributed by atoms with Crippen molar-refractivity contribution in [1.82, 2.24) is 10.2 Å². The Morgan fingerprint density at radius 2 is 2.15 bits per heavy atom. The molecular formula is C13H20N2O2S3. The number of hydrogen-bond donors (Lipinski definition) is 0. The summed E-state index contributed by atoms with van der Waals surface area (Å²) in [6.45, 7) is 7.41. The van der Waals surface area contributed by atoms with Crippen LogP contribution in [0.5, 0.6) is 0 Å². The third-order valence-corrected chi connectivity index (χ3v) is 5.62. The summed E-state index contributed by atoms with van der Waals surface area (Å²) in [7, 11) is 0. The highest BCUT2D eigenvalue weighted by atomic mass is 32.2. The molecule has 0 aromatic carbocycles. The second-order valence-electron chi connectivity index (χ2n) is 4.30. The molecule has 0 bridgehead atoms. The van der Waals surface area contributed by atoms with Crippen molar-refractivity contribution in [3.05, 3.63) is 12.2 Å². The van der Waals surface area contributed by atoms with Gasteiger partial charge in [0.2, 0.25) is 0 Å². The number of thioether (sulfide) groups is 2. The lowest BCUT2D eigenvalue weighted by atomic mass is 10.2. The maximum atomic E-state index is 11.6. The molecule has 0 saturated heterocycles. The number of unbranched alkanes of at least 4 members (excludes halogenated alkanes) is 1. The molecule has 112 valence electrons. The average molecular weight is 333 g/mol. The van der Waals surface area contributed by atoms with E-state index in [9.17, 15) is 4.79 Å². The third-order valence-electron chi connectivity index (χ3n) is 2.46. The van der Waals surface area contributed by atoms with Crippen LogP contribution in [0.1, 0.15) is 33.1 Å². The molecule has 0 radical (unpaired) electrons. The molecule has 0 aliphatic heterocycles. The molecule has 1 aromatic heterocycles. The fraction of sp³-hybridized carbons (Fsp3) is 0.615. The molecule has 0 N–H and O–H groups in total. The van der Waals surface area contributed by atoms with Crippen molar-refractivity contribution >= 4 is 40.8 Å². The Labute approximate surface area is 132 Å². The second kappa shape index (κ2) is 9.41. The topological polar surface area (TPSA) is 52.1 Å². The van der Waals surface area contributed by atoms with E-state index in [1.807, 2.05) is 6.26 Å². The molecule has 20 heavy (non-hydrogen) atoms. The van der Waals surface area contributed by atoms with Gasteiger partial charge in [0, 0.05) is 11.3 Å². The van der Waals surface area contributed by atoms with E-state index in [2.05, 4.69) is 23.7 Å². The normalized spacial score (nSPS) is 12.2. The van der Waals surface area contributed by atoms with Gasteiger partial charge in [-0.3, -0.25) is 0 Å². The van der Waals surface area contributed by atoms with Crippen LogP contribution in [0.25, 0.3) is 0 Å². The van der Waals surface area contributed by atoms with Gasteiger partial charge in [0.1, 0.15) is 6.10 Å². The van der Waals surface area contributed by atoms with Gasteiger partial charge in [0.15, 0.2) is 8.68 Å². The van der Waals surface area contributed by atoms with E-state index in [4.69, 9.17) is 4.74 Å². The summed E-state index contributed by atoms with van der Waals surface area (Å²) in [4.78, 5) is 11.6. The number of hydrogen-bond acceptors (Lipinski definition) is 7. The molecule has 0 aliphatic carbocycles. The molecule has 0 spiro atoms. The predicted octanol–water partition coefficient (Wildman–Crippen LogP) is 4.03. The largest absolute Gasteiger partial charge is 0.458 e. The first-order chi connectivity index (χ1) is 9.56. The van der Waals surface area contributed by atoms with Gasteiger partial charge in [-0.2, -0.15) is 0 Å². The summed E-state index contributed by atoms with van der Waals surface area (Å²) in [5.74, 6) is 0.399. The van der Waals surface area contributed by atoms with Gasteiger partial charge in [-0.15, -0.1) is 10.2 Å². The average Bonchev–Trinajstić information content (AvgIpc) is 2.89. The zero-order chi connectivity index (χ0) is 15.0. The number of aromatic nitrogens is 2. The highest BCUT2D eigenvalue weighted by Gasteiger charge is 2.16. The summed E-state index contributed by atoms with van der Waals surface area (Å²) in [6.07, 6.45) is 4.89. The lowest BCUT2D eigenvalue weighted by Crippen LogP contribution is -2.21. The number of carbonyl (C=O) groups excluding carboxylic acids is 1. The van der Waals surface area contributed by atoms with E-state index in [0.29, 0.717) is 11.3 Å². The fourth-order valence-corrected chi connectivity index (χ4v) is 3.86. The van der Waals surface area contributed by atoms with Gasteiger partial charge in [-0.05, 0) is 19.6 Å². The molecule has 7 heteroatoms. The predicted molar refractivity (Wildman–Crippen MR) is 86.6 cm³/mol. The standard InChI is InChI=1S/C13H20N2O2S3/c1-5-6-7-10(17-11(16)9(2)3)8-19-13-15-14-12(18-4)20-13/h10H,2,5-8H2,1,3-4H3. The van der Waals surface area contributed by atoms with Crippen LogP contribution in [0.2, 0.25) is 0 Å². The Balaban J connectivity index is 2.50. The molecule has 1 heterocycles. The lowest BCUT2D eigenvalue weighted by molar-refractivity contribution is -0.143. The molecular weight excluding hydrogens is 312 g/mol. The minimum absolute atomic E-state index is 0.0919. The number of esters is 1. The van der Waals surface area contributed by atoms with Gasteiger partial charge in [0.05, 0.1) is 0 Å². The van der Waals surface area contributed by atoms with Crippen molar-refractivity contribution in [3.63, 3.8) is 0 Å². The van der Waals surface area contributed by atoms with E-state index in [1.54, 1.807) is 41.8 Å². The second-order valence-corrected chi connectivity index (χ2v) is 7.60. The maximum Gasteiger partial charge on any atom is 0.333 e. The molecule has 4 nitrogen and oxygen atoms in total. The number of rotatable bonds is 9. The van der Waals surface area contributed by atoms with Gasteiger partial charge >= 0.3 is 5.97 Å². The van der Waals surface area contributed by atoms with E-state index in [1.165, 1.54) is 0 Å². The van der Waals surface area contributed by atoms with Crippen molar-refractivity contribution in [2.45, 2.75) is 47.9 Å². The number of ether oxygens (including phenoxy) is 1. The SMILES string of the molecule is C=C(C)C(=O)OC(CCCC)CSc1nnc(SC)s1. The highest BCUT2D eigenvalue weighted by Crippen LogP contribution is 2.28. The van der Waals surface area contributed by atoms with Crippen LogP contribution < -0.4 is 0 Å². The number of nitrogens with zero attached hydrogens (tertiary/aromatic N) is 2. The molecule has 0 amide bonds. The monoisotopic (exact) mass is 332 g/mol. The Morgan fingerprint density at radius 3 is 2.70 bits per heavy atom. The van der Waals surface area contributed by atoms with Crippen LogP contribution in [-0.2, 0) is 9.53 Å². The van der Waals surface area contributed by atoms with E-state index >= 15 is 0 Å². The van der Waals surface area contributed by atoms with Crippen molar-refractivity contribution in [2.75, 3.05) is 12.0 Å². The zero-order valence-corrected chi connectivity index (χ0v) is 14.5. The van der Waals surface area contributed by atoms with Gasteiger partial charge in [-0.25, -0.2) is 4.79 Å². The smallest absolute Gasteiger partial charge is 0.333 e. The lowest BCUT2D eigenvalue weighted by Gasteiger charge is -2.16. The molecule has 0 aliphatic rings. The minimum atomic E-state index is -0.311. The summed E-state index contributed by atoms with van der Waals surface area (Å²) in [5.41, 5.74) is 0.442. The van der Waals surface area contributed by atoms with Crippen LogP contribution in [0, 0.1) is 0 Å². The summed E-state index contributed by atoms with van der Waals surface area (Å²) < 4.78 is 7.33.